The predicted molar refractivity (Wildman–Crippen MR) is 125 cm³/mol. The van der Waals surface area contributed by atoms with Crippen LogP contribution in [0.5, 0.6) is 0 Å². The Kier molecular flexibility index (Phi) is 7.41. The molecule has 4 rings (SSSR count). The minimum atomic E-state index is -0.00718. The zero-order valence-electron chi connectivity index (χ0n) is 18.4. The highest BCUT2D eigenvalue weighted by atomic mass is 32.1. The van der Waals surface area contributed by atoms with E-state index in [1.807, 2.05) is 22.4 Å². The summed E-state index contributed by atoms with van der Waals surface area (Å²) >= 11 is 1.47. The van der Waals surface area contributed by atoms with Crippen LogP contribution in [0, 0.1) is 5.92 Å². The highest BCUT2D eigenvalue weighted by Crippen LogP contribution is 2.22. The van der Waals surface area contributed by atoms with Crippen molar-refractivity contribution in [3.63, 3.8) is 0 Å². The van der Waals surface area contributed by atoms with E-state index < -0.39 is 0 Å². The average molecular weight is 440 g/mol. The third-order valence-corrected chi connectivity index (χ3v) is 7.56. The molecule has 2 saturated heterocycles. The minimum absolute atomic E-state index is 0.00718. The number of carbonyl (C=O) groups is 2. The van der Waals surface area contributed by atoms with Gasteiger partial charge in [0.1, 0.15) is 0 Å². The van der Waals surface area contributed by atoms with Crippen molar-refractivity contribution in [2.75, 3.05) is 19.6 Å². The topological polar surface area (TPSA) is 52.7 Å². The lowest BCUT2D eigenvalue weighted by molar-refractivity contribution is -0.126. The van der Waals surface area contributed by atoms with Crippen LogP contribution in [0.4, 0.5) is 0 Å². The molecule has 6 heteroatoms. The van der Waals surface area contributed by atoms with Crippen molar-refractivity contribution in [2.24, 2.45) is 5.92 Å². The van der Waals surface area contributed by atoms with E-state index in [2.05, 4.69) is 41.4 Å². The zero-order valence-corrected chi connectivity index (χ0v) is 19.2. The standard InChI is InChI=1S/C25H33N3O2S/c1-19-5-2-3-13-28(19)18-21-9-7-20(8-10-21)17-26-24(29)22-11-14-27(15-12-22)25(30)23-6-4-16-31-23/h4,6-10,16,19,22H,2-3,5,11-15,17-18H2,1H3,(H,26,29). The largest absolute Gasteiger partial charge is 0.352 e. The molecule has 31 heavy (non-hydrogen) atoms. The summed E-state index contributed by atoms with van der Waals surface area (Å²) in [5.41, 5.74) is 2.47. The van der Waals surface area contributed by atoms with Crippen molar-refractivity contribution in [3.8, 4) is 0 Å². The van der Waals surface area contributed by atoms with Gasteiger partial charge in [-0.05, 0) is 61.7 Å². The van der Waals surface area contributed by atoms with Gasteiger partial charge in [-0.2, -0.15) is 0 Å². The maximum absolute atomic E-state index is 12.6. The quantitative estimate of drug-likeness (QED) is 0.730. The number of piperidine rings is 2. The average Bonchev–Trinajstić information content (AvgIpc) is 3.34. The summed E-state index contributed by atoms with van der Waals surface area (Å²) < 4.78 is 0. The Morgan fingerprint density at radius 1 is 1.00 bits per heavy atom. The van der Waals surface area contributed by atoms with Crippen molar-refractivity contribution in [3.05, 3.63) is 57.8 Å². The van der Waals surface area contributed by atoms with Crippen LogP contribution in [0.1, 0.15) is 59.8 Å². The summed E-state index contributed by atoms with van der Waals surface area (Å²) in [4.78, 5) is 30.3. The molecule has 3 heterocycles. The third-order valence-electron chi connectivity index (χ3n) is 6.70. The molecule has 2 aliphatic rings. The smallest absolute Gasteiger partial charge is 0.263 e. The molecule has 2 aromatic rings. The van der Waals surface area contributed by atoms with Crippen LogP contribution in [-0.4, -0.2) is 47.3 Å². The number of thiophene rings is 1. The Morgan fingerprint density at radius 3 is 2.42 bits per heavy atom. The second kappa shape index (κ2) is 10.4. The molecule has 2 aliphatic heterocycles. The van der Waals surface area contributed by atoms with Gasteiger partial charge in [0.25, 0.3) is 5.91 Å². The Balaban J connectivity index is 1.20. The van der Waals surface area contributed by atoms with Gasteiger partial charge in [0.05, 0.1) is 4.88 Å². The number of likely N-dealkylation sites (tertiary alicyclic amines) is 2. The number of nitrogens with zero attached hydrogens (tertiary/aromatic N) is 2. The number of amides is 2. The van der Waals surface area contributed by atoms with Crippen molar-refractivity contribution >= 4 is 23.2 Å². The van der Waals surface area contributed by atoms with E-state index in [4.69, 9.17) is 0 Å². The first-order valence-electron chi connectivity index (χ1n) is 11.5. The van der Waals surface area contributed by atoms with E-state index in [-0.39, 0.29) is 17.7 Å². The fourth-order valence-corrected chi connectivity index (χ4v) is 5.31. The zero-order chi connectivity index (χ0) is 21.6. The highest BCUT2D eigenvalue weighted by Gasteiger charge is 2.28. The lowest BCUT2D eigenvalue weighted by Gasteiger charge is -2.33. The molecular formula is C25H33N3O2S. The van der Waals surface area contributed by atoms with Gasteiger partial charge in [0.15, 0.2) is 0 Å². The first-order chi connectivity index (χ1) is 15.1. The molecule has 0 aliphatic carbocycles. The van der Waals surface area contributed by atoms with Gasteiger partial charge in [-0.1, -0.05) is 36.8 Å². The van der Waals surface area contributed by atoms with Crippen molar-refractivity contribution in [1.82, 2.24) is 15.1 Å². The molecule has 166 valence electrons. The van der Waals surface area contributed by atoms with Crippen LogP contribution in [0.25, 0.3) is 0 Å². The van der Waals surface area contributed by atoms with Crippen molar-refractivity contribution in [2.45, 2.75) is 58.2 Å². The molecule has 0 spiro atoms. The van der Waals surface area contributed by atoms with Crippen LogP contribution < -0.4 is 5.32 Å². The molecule has 1 atom stereocenters. The van der Waals surface area contributed by atoms with Gasteiger partial charge < -0.3 is 10.2 Å². The second-order valence-electron chi connectivity index (χ2n) is 8.89. The summed E-state index contributed by atoms with van der Waals surface area (Å²) in [5, 5.41) is 5.02. The van der Waals surface area contributed by atoms with Gasteiger partial charge in [0.2, 0.25) is 5.91 Å². The summed E-state index contributed by atoms with van der Waals surface area (Å²) in [6, 6.07) is 13.1. The van der Waals surface area contributed by atoms with Crippen molar-refractivity contribution < 1.29 is 9.59 Å². The maximum Gasteiger partial charge on any atom is 0.263 e. The molecule has 2 amide bonds. The lowest BCUT2D eigenvalue weighted by Crippen LogP contribution is -2.42. The van der Waals surface area contributed by atoms with Crippen LogP contribution >= 0.6 is 11.3 Å². The van der Waals surface area contributed by atoms with Gasteiger partial charge in [-0.15, -0.1) is 11.3 Å². The van der Waals surface area contributed by atoms with Crippen molar-refractivity contribution in [1.29, 1.82) is 0 Å². The first-order valence-corrected chi connectivity index (χ1v) is 12.4. The van der Waals surface area contributed by atoms with Gasteiger partial charge >= 0.3 is 0 Å². The number of hydrogen-bond donors (Lipinski definition) is 1. The molecule has 5 nitrogen and oxygen atoms in total. The number of carbonyl (C=O) groups excluding carboxylic acids is 2. The SMILES string of the molecule is CC1CCCCN1Cc1ccc(CNC(=O)C2CCN(C(=O)c3cccs3)CC2)cc1. The predicted octanol–water partition coefficient (Wildman–Crippen LogP) is 4.29. The van der Waals surface area contributed by atoms with Gasteiger partial charge in [-0.3, -0.25) is 14.5 Å². The second-order valence-corrected chi connectivity index (χ2v) is 9.84. The van der Waals surface area contributed by atoms with E-state index in [1.165, 1.54) is 42.7 Å². The monoisotopic (exact) mass is 439 g/mol. The fourth-order valence-electron chi connectivity index (χ4n) is 4.62. The van der Waals surface area contributed by atoms with Crippen LogP contribution in [0.3, 0.4) is 0 Å². The molecule has 0 saturated carbocycles. The van der Waals surface area contributed by atoms with E-state index in [9.17, 15) is 9.59 Å². The number of benzene rings is 1. The van der Waals surface area contributed by atoms with Gasteiger partial charge in [-0.25, -0.2) is 0 Å². The Labute approximate surface area is 189 Å². The molecular weight excluding hydrogens is 406 g/mol. The van der Waals surface area contributed by atoms with E-state index in [1.54, 1.807) is 0 Å². The Bertz CT molecular complexity index is 857. The minimum Gasteiger partial charge on any atom is -0.352 e. The molecule has 1 aromatic heterocycles. The van der Waals surface area contributed by atoms with Crippen LogP contribution in [0.2, 0.25) is 0 Å². The van der Waals surface area contributed by atoms with Crippen LogP contribution in [0.15, 0.2) is 41.8 Å². The lowest BCUT2D eigenvalue weighted by atomic mass is 9.95. The van der Waals surface area contributed by atoms with Crippen LogP contribution in [-0.2, 0) is 17.9 Å². The van der Waals surface area contributed by atoms with E-state index >= 15 is 0 Å². The third kappa shape index (κ3) is 5.74. The molecule has 1 unspecified atom stereocenters. The summed E-state index contributed by atoms with van der Waals surface area (Å²) in [6.07, 6.45) is 5.41. The first kappa shape index (κ1) is 22.0. The van der Waals surface area contributed by atoms with E-state index in [0.29, 0.717) is 25.7 Å². The Hall–Kier alpha value is -2.18. The molecule has 2 fully saturated rings. The van der Waals surface area contributed by atoms with Gasteiger partial charge in [0, 0.05) is 38.1 Å². The fraction of sp³-hybridized carbons (Fsp3) is 0.520. The summed E-state index contributed by atoms with van der Waals surface area (Å²) in [6.45, 7) is 6.39. The molecule has 0 bridgehead atoms. The molecule has 1 aromatic carbocycles. The molecule has 0 radical (unpaired) electrons. The van der Waals surface area contributed by atoms with E-state index in [0.717, 1.165) is 29.8 Å². The summed E-state index contributed by atoms with van der Waals surface area (Å²) in [5.74, 6) is 0.189. The molecule has 1 N–H and O–H groups in total. The highest BCUT2D eigenvalue weighted by molar-refractivity contribution is 7.12. The summed E-state index contributed by atoms with van der Waals surface area (Å²) in [7, 11) is 0. The number of hydrogen-bond acceptors (Lipinski definition) is 4. The Morgan fingerprint density at radius 2 is 1.74 bits per heavy atom. The number of rotatable bonds is 6. The number of nitrogens with one attached hydrogen (secondary N) is 1. The maximum atomic E-state index is 12.6. The normalized spacial score (nSPS) is 20.5.